The third kappa shape index (κ3) is 4.72. The predicted octanol–water partition coefficient (Wildman–Crippen LogP) is 2.87. The molecule has 1 aliphatic heterocycles. The Hall–Kier alpha value is -3.07. The van der Waals surface area contributed by atoms with Crippen molar-refractivity contribution in [2.24, 2.45) is 5.92 Å². The Kier molecular flexibility index (Phi) is 6.10. The Bertz CT molecular complexity index is 1280. The first-order valence-corrected chi connectivity index (χ1v) is 12.5. The Labute approximate surface area is 187 Å². The molecule has 0 radical (unpaired) electrons. The first-order valence-electron chi connectivity index (χ1n) is 10.5. The number of aromatic amines is 1. The molecule has 3 aromatic rings. The van der Waals surface area contributed by atoms with E-state index in [0.717, 1.165) is 37.2 Å². The molecular formula is C23H27N3O5S. The molecular weight excluding hydrogens is 430 g/mol. The average molecular weight is 458 g/mol. The molecule has 0 saturated carbocycles. The number of anilines is 1. The number of sulfone groups is 1. The van der Waals surface area contributed by atoms with E-state index < -0.39 is 9.84 Å². The van der Waals surface area contributed by atoms with Crippen molar-refractivity contribution >= 4 is 26.4 Å². The van der Waals surface area contributed by atoms with E-state index in [2.05, 4.69) is 14.9 Å². The maximum Gasteiger partial charge on any atom is 0.262 e. The number of benzene rings is 2. The molecule has 1 aliphatic rings. The van der Waals surface area contributed by atoms with Gasteiger partial charge in [-0.05, 0) is 43.0 Å². The Morgan fingerprint density at radius 3 is 2.38 bits per heavy atom. The second-order valence-corrected chi connectivity index (χ2v) is 10.4. The van der Waals surface area contributed by atoms with Crippen molar-refractivity contribution in [2.45, 2.75) is 12.8 Å². The van der Waals surface area contributed by atoms with Crippen LogP contribution in [0.25, 0.3) is 22.3 Å². The van der Waals surface area contributed by atoms with Crippen LogP contribution in [0.1, 0.15) is 12.8 Å². The number of nitrogens with zero attached hydrogens (tertiary/aromatic N) is 2. The van der Waals surface area contributed by atoms with Gasteiger partial charge < -0.3 is 19.4 Å². The molecule has 4 rings (SSSR count). The Morgan fingerprint density at radius 1 is 1.09 bits per heavy atom. The van der Waals surface area contributed by atoms with Crippen LogP contribution in [0, 0.1) is 5.92 Å². The highest BCUT2D eigenvalue weighted by Crippen LogP contribution is 2.30. The molecule has 170 valence electrons. The van der Waals surface area contributed by atoms with E-state index in [4.69, 9.17) is 9.47 Å². The van der Waals surface area contributed by atoms with Gasteiger partial charge in [-0.25, -0.2) is 13.4 Å². The van der Waals surface area contributed by atoms with Crippen molar-refractivity contribution < 1.29 is 17.9 Å². The highest BCUT2D eigenvalue weighted by molar-refractivity contribution is 7.90. The second-order valence-electron chi connectivity index (χ2n) is 8.21. The fourth-order valence-electron chi connectivity index (χ4n) is 4.24. The lowest BCUT2D eigenvalue weighted by Crippen LogP contribution is -2.35. The summed E-state index contributed by atoms with van der Waals surface area (Å²) in [7, 11) is 0.117. The highest BCUT2D eigenvalue weighted by Gasteiger charge is 2.22. The van der Waals surface area contributed by atoms with Gasteiger partial charge in [0.2, 0.25) is 0 Å². The Balaban J connectivity index is 1.56. The molecule has 1 aromatic heterocycles. The van der Waals surface area contributed by atoms with Gasteiger partial charge in [-0.2, -0.15) is 0 Å². The van der Waals surface area contributed by atoms with E-state index >= 15 is 0 Å². The zero-order chi connectivity index (χ0) is 22.9. The molecule has 1 fully saturated rings. The number of piperidine rings is 1. The minimum atomic E-state index is -2.94. The fraction of sp³-hybridized carbons (Fsp3) is 0.391. The third-order valence-corrected chi connectivity index (χ3v) is 6.94. The van der Waals surface area contributed by atoms with Crippen LogP contribution in [0.4, 0.5) is 5.69 Å². The van der Waals surface area contributed by atoms with E-state index in [1.54, 1.807) is 19.2 Å². The zero-order valence-corrected chi connectivity index (χ0v) is 19.2. The molecule has 0 aliphatic carbocycles. The van der Waals surface area contributed by atoms with Gasteiger partial charge in [0.25, 0.3) is 5.56 Å². The van der Waals surface area contributed by atoms with Crippen LogP contribution in [-0.2, 0) is 9.84 Å². The fourth-order valence-corrected chi connectivity index (χ4v) is 5.43. The van der Waals surface area contributed by atoms with E-state index in [1.165, 1.54) is 13.4 Å². The summed E-state index contributed by atoms with van der Waals surface area (Å²) in [5, 5.41) is 0.380. The van der Waals surface area contributed by atoms with Crippen LogP contribution >= 0.6 is 0 Å². The number of rotatable bonds is 6. The molecule has 32 heavy (non-hydrogen) atoms. The highest BCUT2D eigenvalue weighted by atomic mass is 32.2. The van der Waals surface area contributed by atoms with Gasteiger partial charge in [0.1, 0.15) is 32.5 Å². The summed E-state index contributed by atoms with van der Waals surface area (Å²) in [5.74, 6) is 1.93. The van der Waals surface area contributed by atoms with E-state index in [1.807, 2.05) is 24.3 Å². The number of H-pyrrole nitrogens is 1. The molecule has 0 amide bonds. The second kappa shape index (κ2) is 8.82. The summed E-state index contributed by atoms with van der Waals surface area (Å²) >= 11 is 0. The summed E-state index contributed by atoms with van der Waals surface area (Å²) in [6.45, 7) is 1.65. The minimum absolute atomic E-state index is 0.224. The first-order chi connectivity index (χ1) is 15.3. The average Bonchev–Trinajstić information content (AvgIpc) is 2.77. The summed E-state index contributed by atoms with van der Waals surface area (Å²) in [4.78, 5) is 22.5. The van der Waals surface area contributed by atoms with E-state index in [0.29, 0.717) is 28.2 Å². The van der Waals surface area contributed by atoms with Crippen molar-refractivity contribution in [2.75, 3.05) is 44.2 Å². The van der Waals surface area contributed by atoms with Crippen LogP contribution in [0.3, 0.4) is 0 Å². The zero-order valence-electron chi connectivity index (χ0n) is 18.4. The van der Waals surface area contributed by atoms with Gasteiger partial charge in [0.05, 0.1) is 25.5 Å². The molecule has 8 nitrogen and oxygen atoms in total. The van der Waals surface area contributed by atoms with E-state index in [-0.39, 0.29) is 17.2 Å². The lowest BCUT2D eigenvalue weighted by molar-refractivity contribution is 0.397. The first kappa shape index (κ1) is 22.1. The number of ether oxygens (including phenoxy) is 2. The normalized spacial score (nSPS) is 15.2. The van der Waals surface area contributed by atoms with Gasteiger partial charge in [-0.1, -0.05) is 0 Å². The molecule has 0 atom stereocenters. The molecule has 1 N–H and O–H groups in total. The van der Waals surface area contributed by atoms with Crippen LogP contribution in [-0.4, -0.2) is 57.7 Å². The summed E-state index contributed by atoms with van der Waals surface area (Å²) < 4.78 is 33.7. The van der Waals surface area contributed by atoms with Gasteiger partial charge in [0, 0.05) is 42.7 Å². The molecule has 0 spiro atoms. The molecule has 2 aromatic carbocycles. The van der Waals surface area contributed by atoms with Crippen molar-refractivity contribution in [3.63, 3.8) is 0 Å². The molecule has 1 saturated heterocycles. The number of fused-ring (bicyclic) bond motifs is 1. The summed E-state index contributed by atoms with van der Waals surface area (Å²) in [6, 6.07) is 11.2. The third-order valence-electron chi connectivity index (χ3n) is 5.86. The van der Waals surface area contributed by atoms with Crippen molar-refractivity contribution in [1.29, 1.82) is 0 Å². The molecule has 9 heteroatoms. The van der Waals surface area contributed by atoms with Crippen LogP contribution in [0.2, 0.25) is 0 Å². The van der Waals surface area contributed by atoms with Gasteiger partial charge in [-0.3, -0.25) is 4.79 Å². The number of aromatic nitrogens is 2. The molecule has 0 bridgehead atoms. The van der Waals surface area contributed by atoms with E-state index in [9.17, 15) is 13.2 Å². The van der Waals surface area contributed by atoms with Crippen LogP contribution in [0.15, 0.2) is 41.2 Å². The number of hydrogen-bond acceptors (Lipinski definition) is 7. The molecule has 0 unspecified atom stereocenters. The number of hydrogen-bond donors (Lipinski definition) is 1. The van der Waals surface area contributed by atoms with Crippen molar-refractivity contribution in [3.05, 3.63) is 46.8 Å². The number of nitrogens with one attached hydrogen (secondary N) is 1. The van der Waals surface area contributed by atoms with Crippen molar-refractivity contribution in [3.8, 4) is 22.9 Å². The topological polar surface area (TPSA) is 102 Å². The summed E-state index contributed by atoms with van der Waals surface area (Å²) in [6.07, 6.45) is 3.02. The van der Waals surface area contributed by atoms with Crippen molar-refractivity contribution in [1.82, 2.24) is 9.97 Å². The monoisotopic (exact) mass is 457 g/mol. The smallest absolute Gasteiger partial charge is 0.262 e. The SMILES string of the molecule is COc1cc(OC)c2c(=O)[nH]c(-c3ccc(N4CCC(CS(C)(=O)=O)CC4)cc3)nc2c1. The van der Waals surface area contributed by atoms with Gasteiger partial charge in [0.15, 0.2) is 0 Å². The van der Waals surface area contributed by atoms with Crippen LogP contribution < -0.4 is 19.9 Å². The number of methoxy groups -OCH3 is 2. The largest absolute Gasteiger partial charge is 0.497 e. The minimum Gasteiger partial charge on any atom is -0.497 e. The maximum atomic E-state index is 12.7. The maximum absolute atomic E-state index is 12.7. The quantitative estimate of drug-likeness (QED) is 0.607. The predicted molar refractivity (Wildman–Crippen MR) is 126 cm³/mol. The lowest BCUT2D eigenvalue weighted by atomic mass is 9.98. The van der Waals surface area contributed by atoms with Gasteiger partial charge in [-0.15, -0.1) is 0 Å². The Morgan fingerprint density at radius 2 is 1.78 bits per heavy atom. The summed E-state index contributed by atoms with van der Waals surface area (Å²) in [5.41, 5.74) is 2.08. The molecule has 2 heterocycles. The lowest BCUT2D eigenvalue weighted by Gasteiger charge is -2.33. The standard InChI is InChI=1S/C23H27N3O5S/c1-30-18-12-19-21(20(13-18)31-2)23(27)25-22(24-19)16-4-6-17(7-5-16)26-10-8-15(9-11-26)14-32(3,28)29/h4-7,12-13,15H,8-11,14H2,1-3H3,(H,24,25,27). The van der Waals surface area contributed by atoms with Crippen LogP contribution in [0.5, 0.6) is 11.5 Å². The van der Waals surface area contributed by atoms with Gasteiger partial charge >= 0.3 is 0 Å².